The SMILES string of the molecule is Cc1cc(Oc2ncc(Br)cc2Cl)ccc1C(=O)O. The molecule has 0 spiro atoms. The predicted octanol–water partition coefficient (Wildman–Crippen LogP) is 4.30. The molecule has 2 rings (SSSR count). The molecular formula is C13H9BrClNO3. The van der Waals surface area contributed by atoms with Crippen molar-refractivity contribution in [1.29, 1.82) is 0 Å². The Labute approximate surface area is 123 Å². The molecule has 0 fully saturated rings. The fourth-order valence-electron chi connectivity index (χ4n) is 1.53. The lowest BCUT2D eigenvalue weighted by atomic mass is 10.1. The molecule has 0 bridgehead atoms. The zero-order valence-electron chi connectivity index (χ0n) is 9.85. The van der Waals surface area contributed by atoms with E-state index in [9.17, 15) is 4.79 Å². The van der Waals surface area contributed by atoms with Crippen molar-refractivity contribution in [2.75, 3.05) is 0 Å². The Morgan fingerprint density at radius 2 is 2.16 bits per heavy atom. The first-order valence-corrected chi connectivity index (χ1v) is 6.47. The number of ether oxygens (including phenoxy) is 1. The molecule has 0 saturated heterocycles. The van der Waals surface area contributed by atoms with Gasteiger partial charge >= 0.3 is 5.97 Å². The van der Waals surface area contributed by atoms with E-state index in [0.29, 0.717) is 16.3 Å². The van der Waals surface area contributed by atoms with E-state index >= 15 is 0 Å². The van der Waals surface area contributed by atoms with Gasteiger partial charge in [-0.15, -0.1) is 0 Å². The van der Waals surface area contributed by atoms with Gasteiger partial charge in [0.25, 0.3) is 0 Å². The number of carboxylic acids is 1. The van der Waals surface area contributed by atoms with Crippen LogP contribution in [0.25, 0.3) is 0 Å². The minimum absolute atomic E-state index is 0.238. The molecule has 4 nitrogen and oxygen atoms in total. The van der Waals surface area contributed by atoms with Crippen LogP contribution in [0.3, 0.4) is 0 Å². The van der Waals surface area contributed by atoms with Gasteiger partial charge in [0.1, 0.15) is 10.8 Å². The molecule has 2 aromatic rings. The Kier molecular flexibility index (Phi) is 4.07. The molecule has 19 heavy (non-hydrogen) atoms. The third-order valence-corrected chi connectivity index (χ3v) is 3.12. The van der Waals surface area contributed by atoms with Crippen LogP contribution < -0.4 is 4.74 Å². The van der Waals surface area contributed by atoms with Gasteiger partial charge in [0.05, 0.1) is 5.56 Å². The van der Waals surface area contributed by atoms with E-state index in [2.05, 4.69) is 20.9 Å². The van der Waals surface area contributed by atoms with E-state index in [0.717, 1.165) is 4.47 Å². The topological polar surface area (TPSA) is 59.4 Å². The lowest BCUT2D eigenvalue weighted by molar-refractivity contribution is 0.0696. The number of halogens is 2. The van der Waals surface area contributed by atoms with Crippen molar-refractivity contribution in [1.82, 2.24) is 4.98 Å². The Morgan fingerprint density at radius 3 is 2.74 bits per heavy atom. The number of aromatic carboxylic acids is 1. The van der Waals surface area contributed by atoms with Crippen LogP contribution >= 0.6 is 27.5 Å². The molecule has 0 amide bonds. The number of pyridine rings is 1. The zero-order chi connectivity index (χ0) is 14.0. The maximum absolute atomic E-state index is 10.9. The van der Waals surface area contributed by atoms with Crippen LogP contribution in [0, 0.1) is 6.92 Å². The van der Waals surface area contributed by atoms with E-state index < -0.39 is 5.97 Å². The molecule has 0 atom stereocenters. The van der Waals surface area contributed by atoms with Crippen LogP contribution in [0.1, 0.15) is 15.9 Å². The summed E-state index contributed by atoms with van der Waals surface area (Å²) < 4.78 is 6.27. The number of carbonyl (C=O) groups is 1. The summed E-state index contributed by atoms with van der Waals surface area (Å²) in [6, 6.07) is 6.35. The van der Waals surface area contributed by atoms with E-state index in [1.807, 2.05) is 0 Å². The third kappa shape index (κ3) is 3.24. The summed E-state index contributed by atoms with van der Waals surface area (Å²) in [5, 5.41) is 9.31. The zero-order valence-corrected chi connectivity index (χ0v) is 12.2. The van der Waals surface area contributed by atoms with Gasteiger partial charge in [-0.1, -0.05) is 11.6 Å². The molecule has 6 heteroatoms. The van der Waals surface area contributed by atoms with Crippen molar-refractivity contribution in [3.8, 4) is 11.6 Å². The van der Waals surface area contributed by atoms with Gasteiger partial charge in [-0.25, -0.2) is 9.78 Å². The largest absolute Gasteiger partial charge is 0.478 e. The molecule has 1 aromatic carbocycles. The molecular weight excluding hydrogens is 334 g/mol. The minimum Gasteiger partial charge on any atom is -0.478 e. The Hall–Kier alpha value is -1.59. The van der Waals surface area contributed by atoms with Crippen molar-refractivity contribution in [3.05, 3.63) is 51.1 Å². The smallest absolute Gasteiger partial charge is 0.335 e. The second-order valence-electron chi connectivity index (χ2n) is 3.82. The van der Waals surface area contributed by atoms with Crippen molar-refractivity contribution in [3.63, 3.8) is 0 Å². The van der Waals surface area contributed by atoms with Crippen molar-refractivity contribution < 1.29 is 14.6 Å². The normalized spacial score (nSPS) is 10.3. The maximum atomic E-state index is 10.9. The quantitative estimate of drug-likeness (QED) is 0.903. The molecule has 1 N–H and O–H groups in total. The highest BCUT2D eigenvalue weighted by Gasteiger charge is 2.10. The predicted molar refractivity (Wildman–Crippen MR) is 75.2 cm³/mol. The molecule has 0 radical (unpaired) electrons. The summed E-state index contributed by atoms with van der Waals surface area (Å²) in [4.78, 5) is 14.9. The van der Waals surface area contributed by atoms with Gasteiger partial charge in [0.15, 0.2) is 0 Å². The highest BCUT2D eigenvalue weighted by atomic mass is 79.9. The lowest BCUT2D eigenvalue weighted by Crippen LogP contribution is -1.99. The monoisotopic (exact) mass is 341 g/mol. The number of hydrogen-bond donors (Lipinski definition) is 1. The average Bonchev–Trinajstić information content (AvgIpc) is 2.32. The lowest BCUT2D eigenvalue weighted by Gasteiger charge is -2.08. The Bertz CT molecular complexity index is 646. The first-order valence-electron chi connectivity index (χ1n) is 5.30. The summed E-state index contributed by atoms with van der Waals surface area (Å²) in [7, 11) is 0. The van der Waals surface area contributed by atoms with E-state index in [1.54, 1.807) is 31.3 Å². The fourth-order valence-corrected chi connectivity index (χ4v) is 2.20. The van der Waals surface area contributed by atoms with Crippen molar-refractivity contribution >= 4 is 33.5 Å². The number of carboxylic acid groups (broad SMARTS) is 1. The van der Waals surface area contributed by atoms with Gasteiger partial charge in [-0.05, 0) is 52.7 Å². The number of hydrogen-bond acceptors (Lipinski definition) is 3. The Balaban J connectivity index is 2.29. The number of nitrogens with zero attached hydrogens (tertiary/aromatic N) is 1. The van der Waals surface area contributed by atoms with E-state index in [4.69, 9.17) is 21.4 Å². The van der Waals surface area contributed by atoms with Gasteiger partial charge in [0.2, 0.25) is 5.88 Å². The summed E-state index contributed by atoms with van der Waals surface area (Å²) in [6.07, 6.45) is 1.57. The third-order valence-electron chi connectivity index (χ3n) is 2.42. The second-order valence-corrected chi connectivity index (χ2v) is 5.15. The van der Waals surface area contributed by atoms with Crippen LogP contribution in [-0.4, -0.2) is 16.1 Å². The molecule has 1 heterocycles. The number of aryl methyl sites for hydroxylation is 1. The molecule has 0 unspecified atom stereocenters. The molecule has 98 valence electrons. The van der Waals surface area contributed by atoms with Crippen LogP contribution in [-0.2, 0) is 0 Å². The first-order chi connectivity index (χ1) is 8.97. The van der Waals surface area contributed by atoms with Crippen molar-refractivity contribution in [2.24, 2.45) is 0 Å². The molecule has 0 aliphatic heterocycles. The molecule has 0 aliphatic rings. The fraction of sp³-hybridized carbons (Fsp3) is 0.0769. The number of aromatic nitrogens is 1. The summed E-state index contributed by atoms with van der Waals surface area (Å²) >= 11 is 9.24. The van der Waals surface area contributed by atoms with E-state index in [1.165, 1.54) is 6.07 Å². The summed E-state index contributed by atoms with van der Waals surface area (Å²) in [5.41, 5.74) is 0.848. The Morgan fingerprint density at radius 1 is 1.42 bits per heavy atom. The number of rotatable bonds is 3. The van der Waals surface area contributed by atoms with Gasteiger partial charge < -0.3 is 9.84 Å². The summed E-state index contributed by atoms with van der Waals surface area (Å²) in [5.74, 6) is -0.213. The minimum atomic E-state index is -0.969. The molecule has 1 aromatic heterocycles. The first kappa shape index (κ1) is 13.8. The van der Waals surface area contributed by atoms with Crippen LogP contribution in [0.2, 0.25) is 5.02 Å². The van der Waals surface area contributed by atoms with Gasteiger partial charge in [-0.2, -0.15) is 0 Å². The van der Waals surface area contributed by atoms with Crippen LogP contribution in [0.5, 0.6) is 11.6 Å². The standard InChI is InChI=1S/C13H9BrClNO3/c1-7-4-9(2-3-10(7)13(17)18)19-12-11(15)5-8(14)6-16-12/h2-6H,1H3,(H,17,18). The number of benzene rings is 1. The van der Waals surface area contributed by atoms with Crippen LogP contribution in [0.15, 0.2) is 34.9 Å². The molecule has 0 saturated carbocycles. The van der Waals surface area contributed by atoms with Gasteiger partial charge in [0, 0.05) is 10.7 Å². The summed E-state index contributed by atoms with van der Waals surface area (Å²) in [6.45, 7) is 1.70. The second kappa shape index (κ2) is 5.59. The maximum Gasteiger partial charge on any atom is 0.335 e. The van der Waals surface area contributed by atoms with Crippen molar-refractivity contribution in [2.45, 2.75) is 6.92 Å². The molecule has 0 aliphatic carbocycles. The van der Waals surface area contributed by atoms with Crippen LogP contribution in [0.4, 0.5) is 0 Å². The average molecular weight is 343 g/mol. The van der Waals surface area contributed by atoms with Gasteiger partial charge in [-0.3, -0.25) is 0 Å². The highest BCUT2D eigenvalue weighted by Crippen LogP contribution is 2.30. The highest BCUT2D eigenvalue weighted by molar-refractivity contribution is 9.10. The van der Waals surface area contributed by atoms with E-state index in [-0.39, 0.29) is 11.4 Å².